The van der Waals surface area contributed by atoms with Gasteiger partial charge in [0.25, 0.3) is 0 Å². The zero-order chi connectivity index (χ0) is 34.7. The van der Waals surface area contributed by atoms with Crippen LogP contribution in [0.3, 0.4) is 0 Å². The molecule has 4 aromatic carbocycles. The van der Waals surface area contributed by atoms with Crippen LogP contribution in [0.15, 0.2) is 108 Å². The van der Waals surface area contributed by atoms with Crippen LogP contribution < -0.4 is 16.2 Å². The Kier molecular flexibility index (Phi) is 11.9. The van der Waals surface area contributed by atoms with Crippen LogP contribution in [-0.2, 0) is 17.6 Å². The molecule has 0 unspecified atom stereocenters. The van der Waals surface area contributed by atoms with E-state index in [9.17, 15) is 19.8 Å². The molecule has 9 nitrogen and oxygen atoms in total. The van der Waals surface area contributed by atoms with Crippen molar-refractivity contribution in [3.63, 3.8) is 0 Å². The molecular formula is C41H46N4O5. The van der Waals surface area contributed by atoms with E-state index in [1.807, 2.05) is 54.6 Å². The summed E-state index contributed by atoms with van der Waals surface area (Å²) in [5, 5.41) is 27.8. The van der Waals surface area contributed by atoms with E-state index in [-0.39, 0.29) is 17.4 Å². The first-order chi connectivity index (χ1) is 24.4. The number of carbonyl (C=O) groups excluding carboxylic acids is 1. The third-order valence-electron chi connectivity index (χ3n) is 9.46. The number of aromatic nitrogens is 1. The number of para-hydroxylation sites is 1. The number of amides is 1. The van der Waals surface area contributed by atoms with E-state index < -0.39 is 12.2 Å². The number of pyridine rings is 1. The van der Waals surface area contributed by atoms with Gasteiger partial charge in [0.05, 0.1) is 17.3 Å². The van der Waals surface area contributed by atoms with Crippen LogP contribution in [-0.4, -0.2) is 65.0 Å². The summed E-state index contributed by atoms with van der Waals surface area (Å²) in [6.45, 7) is 4.01. The van der Waals surface area contributed by atoms with Crippen molar-refractivity contribution in [1.29, 1.82) is 0 Å². The molecule has 260 valence electrons. The lowest BCUT2D eigenvalue weighted by Gasteiger charge is -2.31. The SMILES string of the molecule is O=C(Nc1ccccc1-c1ccccc1)OC1CCN(CCCCc2ccc(CCNC[C@H](O)c3ccc(O)c4[nH]c(=O)ccc34)cc2)CC1. The Morgan fingerprint density at radius 1 is 0.860 bits per heavy atom. The molecule has 5 N–H and O–H groups in total. The zero-order valence-corrected chi connectivity index (χ0v) is 28.3. The van der Waals surface area contributed by atoms with Crippen molar-refractivity contribution in [3.8, 4) is 16.9 Å². The number of aromatic amines is 1. The summed E-state index contributed by atoms with van der Waals surface area (Å²) in [6.07, 6.45) is 4.60. The number of hydrogen-bond donors (Lipinski definition) is 5. The van der Waals surface area contributed by atoms with Crippen LogP contribution in [0.2, 0.25) is 0 Å². The minimum atomic E-state index is -0.772. The number of H-pyrrole nitrogens is 1. The van der Waals surface area contributed by atoms with Gasteiger partial charge in [-0.3, -0.25) is 10.1 Å². The number of fused-ring (bicyclic) bond motifs is 1. The van der Waals surface area contributed by atoms with Crippen molar-refractivity contribution in [2.24, 2.45) is 0 Å². The van der Waals surface area contributed by atoms with Gasteiger partial charge in [0, 0.05) is 36.7 Å². The number of rotatable bonds is 14. The molecule has 1 aliphatic rings. The number of phenolic OH excluding ortho intramolecular Hbond substituents is 1. The quantitative estimate of drug-likeness (QED) is 0.0820. The van der Waals surface area contributed by atoms with E-state index in [2.05, 4.69) is 44.8 Å². The predicted octanol–water partition coefficient (Wildman–Crippen LogP) is 6.80. The van der Waals surface area contributed by atoms with Gasteiger partial charge in [-0.2, -0.15) is 0 Å². The van der Waals surface area contributed by atoms with Gasteiger partial charge >= 0.3 is 6.09 Å². The van der Waals surface area contributed by atoms with E-state index in [0.29, 0.717) is 23.0 Å². The van der Waals surface area contributed by atoms with Crippen molar-refractivity contribution in [3.05, 3.63) is 130 Å². The molecule has 50 heavy (non-hydrogen) atoms. The number of carbonyl (C=O) groups is 1. The number of phenols is 1. The maximum Gasteiger partial charge on any atom is 0.411 e. The molecular weight excluding hydrogens is 628 g/mol. The number of hydrogen-bond acceptors (Lipinski definition) is 7. The summed E-state index contributed by atoms with van der Waals surface area (Å²) in [5.41, 5.74) is 6.05. The van der Waals surface area contributed by atoms with Gasteiger partial charge in [0.15, 0.2) is 0 Å². The highest BCUT2D eigenvalue weighted by atomic mass is 16.6. The Morgan fingerprint density at radius 3 is 2.36 bits per heavy atom. The molecule has 1 aliphatic heterocycles. The molecule has 0 radical (unpaired) electrons. The predicted molar refractivity (Wildman–Crippen MR) is 199 cm³/mol. The molecule has 1 atom stereocenters. The van der Waals surface area contributed by atoms with Gasteiger partial charge in [-0.05, 0) is 92.1 Å². The highest BCUT2D eigenvalue weighted by Crippen LogP contribution is 2.29. The van der Waals surface area contributed by atoms with Gasteiger partial charge in [-0.15, -0.1) is 0 Å². The molecule has 1 aromatic heterocycles. The molecule has 2 heterocycles. The minimum absolute atomic E-state index is 0.0161. The van der Waals surface area contributed by atoms with E-state index in [1.54, 1.807) is 12.1 Å². The minimum Gasteiger partial charge on any atom is -0.506 e. The second-order valence-electron chi connectivity index (χ2n) is 13.0. The molecule has 1 saturated heterocycles. The van der Waals surface area contributed by atoms with E-state index in [0.717, 1.165) is 81.5 Å². The number of piperidine rings is 1. The number of aliphatic hydroxyl groups is 1. The van der Waals surface area contributed by atoms with E-state index in [4.69, 9.17) is 4.74 Å². The first-order valence-electron chi connectivity index (χ1n) is 17.6. The summed E-state index contributed by atoms with van der Waals surface area (Å²) >= 11 is 0. The average molecular weight is 675 g/mol. The molecule has 0 saturated carbocycles. The Balaban J connectivity index is 0.846. The molecule has 6 rings (SSSR count). The summed E-state index contributed by atoms with van der Waals surface area (Å²) in [7, 11) is 0. The van der Waals surface area contributed by atoms with Crippen LogP contribution in [0.1, 0.15) is 48.5 Å². The lowest BCUT2D eigenvalue weighted by Crippen LogP contribution is -2.38. The second kappa shape index (κ2) is 17.1. The third-order valence-corrected chi connectivity index (χ3v) is 9.46. The lowest BCUT2D eigenvalue weighted by atomic mass is 10.0. The number of aliphatic hydroxyl groups excluding tert-OH is 1. The van der Waals surface area contributed by atoms with E-state index >= 15 is 0 Å². The number of benzene rings is 4. The molecule has 0 aliphatic carbocycles. The highest BCUT2D eigenvalue weighted by Gasteiger charge is 2.22. The van der Waals surface area contributed by atoms with Gasteiger partial charge < -0.3 is 30.2 Å². The first-order valence-corrected chi connectivity index (χ1v) is 17.6. The van der Waals surface area contributed by atoms with Gasteiger partial charge in [-0.25, -0.2) is 4.79 Å². The third kappa shape index (κ3) is 9.38. The van der Waals surface area contributed by atoms with Crippen molar-refractivity contribution >= 4 is 22.7 Å². The molecule has 0 bridgehead atoms. The summed E-state index contributed by atoms with van der Waals surface area (Å²) < 4.78 is 5.80. The van der Waals surface area contributed by atoms with Crippen LogP contribution in [0.4, 0.5) is 10.5 Å². The van der Waals surface area contributed by atoms with Gasteiger partial charge in [-0.1, -0.05) is 78.9 Å². The summed E-state index contributed by atoms with van der Waals surface area (Å²) in [6, 6.07) is 32.8. The number of unbranched alkanes of at least 4 members (excludes halogenated alkanes) is 1. The van der Waals surface area contributed by atoms with Crippen LogP contribution in [0, 0.1) is 0 Å². The fourth-order valence-corrected chi connectivity index (χ4v) is 6.67. The number of nitrogens with zero attached hydrogens (tertiary/aromatic N) is 1. The molecule has 1 fully saturated rings. The fourth-order valence-electron chi connectivity index (χ4n) is 6.67. The van der Waals surface area contributed by atoms with Gasteiger partial charge in [0.2, 0.25) is 5.56 Å². The van der Waals surface area contributed by atoms with Crippen molar-refractivity contribution in [1.82, 2.24) is 15.2 Å². The van der Waals surface area contributed by atoms with Crippen LogP contribution >= 0.6 is 0 Å². The Labute approximate surface area is 292 Å². The lowest BCUT2D eigenvalue weighted by molar-refractivity contribution is 0.0585. The van der Waals surface area contributed by atoms with Crippen LogP contribution in [0.25, 0.3) is 22.0 Å². The number of anilines is 1. The van der Waals surface area contributed by atoms with Crippen molar-refractivity contribution in [2.45, 2.75) is 50.7 Å². The number of likely N-dealkylation sites (tertiary alicyclic amines) is 1. The smallest absolute Gasteiger partial charge is 0.411 e. The van der Waals surface area contributed by atoms with Crippen molar-refractivity contribution in [2.75, 3.05) is 38.0 Å². The van der Waals surface area contributed by atoms with Crippen molar-refractivity contribution < 1.29 is 19.7 Å². The molecule has 0 spiro atoms. The largest absolute Gasteiger partial charge is 0.506 e. The number of aromatic hydroxyl groups is 1. The summed E-state index contributed by atoms with van der Waals surface area (Å²) in [4.78, 5) is 29.5. The summed E-state index contributed by atoms with van der Waals surface area (Å²) in [5.74, 6) is -0.0161. The standard InChI is InChI=1S/C41H46N4O5/c46-37-19-17-34(35-18-20-39(48)44-40(35)37)38(47)28-42-24-21-30-15-13-29(14-16-30)8-6-7-25-45-26-22-32(23-27-45)50-41(49)43-36-12-5-4-11-33(36)31-9-2-1-3-10-31/h1-5,9-20,32,38,42,46-47H,6-8,21-28H2,(H,43,49)(H,44,48)/t38-/m0/s1. The highest BCUT2D eigenvalue weighted by molar-refractivity contribution is 5.91. The Hall–Kier alpha value is -4.96. The van der Waals surface area contributed by atoms with E-state index in [1.165, 1.54) is 23.3 Å². The second-order valence-corrected chi connectivity index (χ2v) is 13.0. The maximum absolute atomic E-state index is 12.7. The number of nitrogens with one attached hydrogen (secondary N) is 3. The Morgan fingerprint density at radius 2 is 1.58 bits per heavy atom. The Bertz CT molecular complexity index is 1900. The number of ether oxygens (including phenoxy) is 1. The maximum atomic E-state index is 12.7. The topological polar surface area (TPSA) is 127 Å². The molecule has 9 heteroatoms. The molecule has 1 amide bonds. The zero-order valence-electron chi connectivity index (χ0n) is 28.3. The number of aryl methyl sites for hydroxylation is 1. The molecule has 5 aromatic rings. The van der Waals surface area contributed by atoms with Crippen LogP contribution in [0.5, 0.6) is 5.75 Å². The monoisotopic (exact) mass is 674 g/mol. The fraction of sp³-hybridized carbons (Fsp3) is 0.317. The normalized spacial score (nSPS) is 14.4. The first kappa shape index (κ1) is 34.9. The van der Waals surface area contributed by atoms with Gasteiger partial charge in [0.1, 0.15) is 11.9 Å². The average Bonchev–Trinajstić information content (AvgIpc) is 3.14.